The van der Waals surface area contributed by atoms with Gasteiger partial charge in [-0.2, -0.15) is 0 Å². The molecule has 2 aromatic carbocycles. The monoisotopic (exact) mass is 569 g/mol. The van der Waals surface area contributed by atoms with Crippen molar-refractivity contribution in [3.63, 3.8) is 0 Å². The van der Waals surface area contributed by atoms with Gasteiger partial charge in [-0.1, -0.05) is 0 Å². The summed E-state index contributed by atoms with van der Waals surface area (Å²) in [5.74, 6) is 3.10. The Morgan fingerprint density at radius 2 is 1.88 bits per heavy atom. The van der Waals surface area contributed by atoms with Gasteiger partial charge in [0.1, 0.15) is 34.7 Å². The van der Waals surface area contributed by atoms with Crippen LogP contribution in [0.5, 0.6) is 11.6 Å². The Labute approximate surface area is 231 Å². The van der Waals surface area contributed by atoms with Crippen LogP contribution < -0.4 is 19.5 Å². The Bertz CT molecular complexity index is 1680. The van der Waals surface area contributed by atoms with Gasteiger partial charge in [0.15, 0.2) is 0 Å². The van der Waals surface area contributed by atoms with Crippen molar-refractivity contribution in [2.75, 3.05) is 37.4 Å². The normalized spacial score (nSPS) is 15.4. The van der Waals surface area contributed by atoms with E-state index in [1.165, 1.54) is 7.11 Å². The third-order valence-corrected chi connectivity index (χ3v) is 8.13. The van der Waals surface area contributed by atoms with E-state index in [9.17, 15) is 13.0 Å². The maximum atomic E-state index is 14.5. The van der Waals surface area contributed by atoms with Gasteiger partial charge >= 0.3 is 0 Å². The topological polar surface area (TPSA) is 107 Å². The fraction of sp³-hybridized carbons (Fsp3) is 0.286. The number of halogens is 2. The molecule has 3 heterocycles. The molecule has 1 aliphatic rings. The average Bonchev–Trinajstić information content (AvgIpc) is 2.93. The molecule has 12 heteroatoms. The van der Waals surface area contributed by atoms with E-state index in [1.807, 2.05) is 19.1 Å². The molecule has 1 aliphatic heterocycles. The molecule has 0 radical (unpaired) electrons. The minimum absolute atomic E-state index is 0.0341. The first-order valence-electron chi connectivity index (χ1n) is 12.6. The number of nitrogens with zero attached hydrogens (tertiary/aromatic N) is 3. The number of ether oxygens (including phenoxy) is 3. The Morgan fingerprint density at radius 1 is 1.10 bits per heavy atom. The molecular formula is C28H29F2N5O4S. The van der Waals surface area contributed by atoms with E-state index < -0.39 is 21.3 Å². The molecule has 40 heavy (non-hydrogen) atoms. The van der Waals surface area contributed by atoms with Crippen molar-refractivity contribution in [2.24, 2.45) is 0 Å². The number of pyridine rings is 1. The van der Waals surface area contributed by atoms with Gasteiger partial charge in [0.05, 0.1) is 40.6 Å². The van der Waals surface area contributed by atoms with Gasteiger partial charge < -0.3 is 24.2 Å². The van der Waals surface area contributed by atoms with Crippen LogP contribution in [-0.4, -0.2) is 58.5 Å². The third kappa shape index (κ3) is 5.63. The van der Waals surface area contributed by atoms with Crippen LogP contribution in [-0.2, 0) is 14.4 Å². The number of benzene rings is 2. The van der Waals surface area contributed by atoms with Crippen molar-refractivity contribution in [1.82, 2.24) is 15.0 Å². The molecule has 210 valence electrons. The second-order valence-electron chi connectivity index (χ2n) is 9.32. The number of hydrogen-bond acceptors (Lipinski definition) is 8. The van der Waals surface area contributed by atoms with Gasteiger partial charge in [-0.15, -0.1) is 0 Å². The lowest BCUT2D eigenvalue weighted by Gasteiger charge is -2.24. The molecule has 4 aromatic rings. The first-order valence-corrected chi connectivity index (χ1v) is 14.3. The molecule has 0 bridgehead atoms. The zero-order valence-electron chi connectivity index (χ0n) is 22.3. The van der Waals surface area contributed by atoms with Crippen molar-refractivity contribution in [2.45, 2.75) is 30.8 Å². The fourth-order valence-electron chi connectivity index (χ4n) is 4.51. The minimum atomic E-state index is -3.44. The summed E-state index contributed by atoms with van der Waals surface area (Å²) in [6, 6.07) is 8.26. The van der Waals surface area contributed by atoms with E-state index in [4.69, 9.17) is 14.2 Å². The molecule has 1 saturated heterocycles. The Hall–Kier alpha value is -4.03. The highest BCUT2D eigenvalue weighted by Gasteiger charge is 2.21. The van der Waals surface area contributed by atoms with E-state index in [0.717, 1.165) is 41.6 Å². The summed E-state index contributed by atoms with van der Waals surface area (Å²) in [4.78, 5) is 13.3. The molecule has 1 atom stereocenters. The van der Waals surface area contributed by atoms with Crippen LogP contribution in [0.15, 0.2) is 47.5 Å². The SMILES string of the molecule is C=S(=O)(Nc1cc(-c2cc(OC3CCOCC3)c3nc(NC)nc(C)c3c2)cnc1OC)c1ccc(F)cc1F. The molecule has 2 N–H and O–H groups in total. The van der Waals surface area contributed by atoms with Crippen LogP contribution in [0.25, 0.3) is 22.0 Å². The number of fused-ring (bicyclic) bond motifs is 1. The van der Waals surface area contributed by atoms with Crippen LogP contribution in [0, 0.1) is 18.6 Å². The van der Waals surface area contributed by atoms with Crippen LogP contribution >= 0.6 is 0 Å². The Balaban J connectivity index is 1.59. The summed E-state index contributed by atoms with van der Waals surface area (Å²) in [5.41, 5.74) is 3.00. The summed E-state index contributed by atoms with van der Waals surface area (Å²) >= 11 is 0. The lowest BCUT2D eigenvalue weighted by atomic mass is 10.0. The van der Waals surface area contributed by atoms with E-state index in [0.29, 0.717) is 42.1 Å². The van der Waals surface area contributed by atoms with Gasteiger partial charge in [-0.05, 0) is 48.7 Å². The molecule has 0 saturated carbocycles. The van der Waals surface area contributed by atoms with Gasteiger partial charge in [-0.3, -0.25) is 0 Å². The molecule has 2 aromatic heterocycles. The molecule has 1 unspecified atom stereocenters. The molecule has 9 nitrogen and oxygen atoms in total. The smallest absolute Gasteiger partial charge is 0.238 e. The van der Waals surface area contributed by atoms with Crippen molar-refractivity contribution in [1.29, 1.82) is 0 Å². The summed E-state index contributed by atoms with van der Waals surface area (Å²) in [7, 11) is -0.281. The highest BCUT2D eigenvalue weighted by Crippen LogP contribution is 2.37. The van der Waals surface area contributed by atoms with E-state index in [-0.39, 0.29) is 22.6 Å². The summed E-state index contributed by atoms with van der Waals surface area (Å²) in [6.45, 7) is 3.13. The number of aryl methyl sites for hydroxylation is 1. The number of methoxy groups -OCH3 is 1. The van der Waals surface area contributed by atoms with E-state index >= 15 is 0 Å². The van der Waals surface area contributed by atoms with Gasteiger partial charge in [0.25, 0.3) is 0 Å². The van der Waals surface area contributed by atoms with Crippen molar-refractivity contribution in [3.8, 4) is 22.8 Å². The summed E-state index contributed by atoms with van der Waals surface area (Å²) < 4.78 is 61.4. The minimum Gasteiger partial charge on any atom is -0.488 e. The molecule has 0 spiro atoms. The second kappa shape index (κ2) is 11.2. The average molecular weight is 570 g/mol. The van der Waals surface area contributed by atoms with Crippen LogP contribution in [0.3, 0.4) is 0 Å². The number of anilines is 2. The molecular weight excluding hydrogens is 540 g/mol. The maximum Gasteiger partial charge on any atom is 0.238 e. The quantitative estimate of drug-likeness (QED) is 0.286. The highest BCUT2D eigenvalue weighted by molar-refractivity contribution is 8.01. The molecule has 0 amide bonds. The standard InChI is InChI=1S/C28H29F2N5O4S/c1-16-21-11-17(13-24(26(21)34-28(31-2)33-16)39-20-7-9-38-10-8-20)18-12-23(27(37-3)32-15-18)35-40(4,36)25-6-5-19(29)14-22(25)30/h5-6,11-15,20H,4,7-10H2,1-3H3,(H,35,36)(H,31,33,34). The summed E-state index contributed by atoms with van der Waals surface area (Å²) in [6.07, 6.45) is 3.08. The zero-order valence-corrected chi connectivity index (χ0v) is 23.1. The second-order valence-corrected chi connectivity index (χ2v) is 11.3. The number of hydrogen-bond donors (Lipinski definition) is 2. The Morgan fingerprint density at radius 3 is 2.58 bits per heavy atom. The molecule has 0 aliphatic carbocycles. The van der Waals surface area contributed by atoms with Gasteiger partial charge in [-0.25, -0.2) is 27.9 Å². The first kappa shape index (κ1) is 27.5. The number of aromatic nitrogens is 3. The lowest BCUT2D eigenvalue weighted by molar-refractivity contribution is 0.0261. The summed E-state index contributed by atoms with van der Waals surface area (Å²) in [5, 5.41) is 3.78. The fourth-order valence-corrected chi connectivity index (χ4v) is 5.78. The van der Waals surface area contributed by atoms with Crippen molar-refractivity contribution < 1.29 is 27.2 Å². The van der Waals surface area contributed by atoms with Crippen LogP contribution in [0.1, 0.15) is 18.5 Å². The largest absolute Gasteiger partial charge is 0.488 e. The third-order valence-electron chi connectivity index (χ3n) is 6.54. The maximum absolute atomic E-state index is 14.5. The predicted molar refractivity (Wildman–Crippen MR) is 152 cm³/mol. The van der Waals surface area contributed by atoms with Crippen molar-refractivity contribution in [3.05, 3.63) is 59.9 Å². The highest BCUT2D eigenvalue weighted by atomic mass is 32.2. The van der Waals surface area contributed by atoms with E-state index in [1.54, 1.807) is 19.3 Å². The molecule has 1 fully saturated rings. The number of nitrogens with one attached hydrogen (secondary N) is 2. The first-order chi connectivity index (χ1) is 19.2. The van der Waals surface area contributed by atoms with E-state index in [2.05, 4.69) is 30.9 Å². The van der Waals surface area contributed by atoms with Gasteiger partial charge in [0, 0.05) is 43.1 Å². The van der Waals surface area contributed by atoms with Crippen LogP contribution in [0.2, 0.25) is 0 Å². The predicted octanol–water partition coefficient (Wildman–Crippen LogP) is 4.99. The number of rotatable bonds is 8. The Kier molecular flexibility index (Phi) is 7.72. The lowest BCUT2D eigenvalue weighted by Crippen LogP contribution is -2.26. The van der Waals surface area contributed by atoms with Gasteiger partial charge in [0.2, 0.25) is 11.8 Å². The zero-order chi connectivity index (χ0) is 28.4. The van der Waals surface area contributed by atoms with Crippen molar-refractivity contribution >= 4 is 38.1 Å². The van der Waals surface area contributed by atoms with Crippen LogP contribution in [0.4, 0.5) is 20.4 Å². The molecule has 5 rings (SSSR count).